The molecule has 0 bridgehead atoms. The number of likely N-dealkylation sites (tertiary alicyclic amines) is 1. The third-order valence-corrected chi connectivity index (χ3v) is 6.06. The van der Waals surface area contributed by atoms with E-state index in [9.17, 15) is 27.2 Å². The summed E-state index contributed by atoms with van der Waals surface area (Å²) < 4.78 is 60.5. The fourth-order valence-corrected chi connectivity index (χ4v) is 4.22. The molecule has 0 aliphatic carbocycles. The van der Waals surface area contributed by atoms with E-state index in [0.717, 1.165) is 6.42 Å². The summed E-state index contributed by atoms with van der Waals surface area (Å²) in [5.41, 5.74) is 1.92. The number of carbonyl (C=O) groups is 2. The minimum absolute atomic E-state index is 0.0538. The van der Waals surface area contributed by atoms with Crippen molar-refractivity contribution in [3.8, 4) is 22.8 Å². The van der Waals surface area contributed by atoms with Crippen molar-refractivity contribution in [2.75, 3.05) is 18.0 Å². The SMILES string of the molecule is O=C(c1ccc(-c2nccc3c2CN(c2ccc(OC(F)F)cc2)C3=O)c(OC(F)F)c1)N1CCC1. The molecule has 2 aliphatic heterocycles. The third kappa shape index (κ3) is 4.43. The van der Waals surface area contributed by atoms with Crippen molar-refractivity contribution in [1.82, 2.24) is 9.88 Å². The van der Waals surface area contributed by atoms with Crippen molar-refractivity contribution >= 4 is 17.5 Å². The van der Waals surface area contributed by atoms with Gasteiger partial charge < -0.3 is 19.3 Å². The number of alkyl halides is 4. The van der Waals surface area contributed by atoms with E-state index in [2.05, 4.69) is 9.72 Å². The first-order valence-electron chi connectivity index (χ1n) is 11.0. The second-order valence-electron chi connectivity index (χ2n) is 8.18. The van der Waals surface area contributed by atoms with Crippen molar-refractivity contribution in [3.63, 3.8) is 0 Å². The van der Waals surface area contributed by atoms with Gasteiger partial charge in [0, 0.05) is 47.2 Å². The Labute approximate surface area is 202 Å². The summed E-state index contributed by atoms with van der Waals surface area (Å²) in [7, 11) is 0. The second-order valence-corrected chi connectivity index (χ2v) is 8.18. The maximum absolute atomic E-state index is 13.3. The highest BCUT2D eigenvalue weighted by Gasteiger charge is 2.33. The van der Waals surface area contributed by atoms with E-state index in [4.69, 9.17) is 4.74 Å². The molecule has 1 saturated heterocycles. The van der Waals surface area contributed by atoms with Gasteiger partial charge in [0.05, 0.1) is 12.2 Å². The van der Waals surface area contributed by atoms with E-state index in [1.54, 1.807) is 4.90 Å². The lowest BCUT2D eigenvalue weighted by molar-refractivity contribution is -0.0503. The van der Waals surface area contributed by atoms with Crippen LogP contribution in [0.25, 0.3) is 11.3 Å². The van der Waals surface area contributed by atoms with Gasteiger partial charge in [0.15, 0.2) is 0 Å². The number of amides is 2. The smallest absolute Gasteiger partial charge is 0.387 e. The lowest BCUT2D eigenvalue weighted by Crippen LogP contribution is -2.42. The van der Waals surface area contributed by atoms with Crippen molar-refractivity contribution in [1.29, 1.82) is 0 Å². The highest BCUT2D eigenvalue weighted by atomic mass is 19.3. The lowest BCUT2D eigenvalue weighted by atomic mass is 10.00. The van der Waals surface area contributed by atoms with E-state index in [0.29, 0.717) is 29.9 Å². The number of pyridine rings is 1. The van der Waals surface area contributed by atoms with Gasteiger partial charge in [-0.1, -0.05) is 0 Å². The third-order valence-electron chi connectivity index (χ3n) is 6.06. The van der Waals surface area contributed by atoms with Crippen molar-refractivity contribution < 1.29 is 36.6 Å². The summed E-state index contributed by atoms with van der Waals surface area (Å²) in [4.78, 5) is 33.1. The molecule has 1 fully saturated rings. The molecule has 2 aromatic carbocycles. The topological polar surface area (TPSA) is 72.0 Å². The number of ether oxygens (including phenoxy) is 2. The molecule has 3 heterocycles. The normalized spacial score (nSPS) is 14.8. The predicted octanol–water partition coefficient (Wildman–Crippen LogP) is 4.96. The number of anilines is 1. The Kier molecular flexibility index (Phi) is 6.21. The van der Waals surface area contributed by atoms with Crippen LogP contribution in [0.4, 0.5) is 23.2 Å². The van der Waals surface area contributed by atoms with Gasteiger partial charge in [-0.3, -0.25) is 14.6 Å². The molecule has 0 spiro atoms. The molecule has 11 heteroatoms. The number of nitrogens with zero attached hydrogens (tertiary/aromatic N) is 3. The van der Waals surface area contributed by atoms with E-state index < -0.39 is 13.2 Å². The number of halogens is 4. The van der Waals surface area contributed by atoms with Crippen molar-refractivity contribution in [2.24, 2.45) is 0 Å². The van der Waals surface area contributed by atoms with Crippen LogP contribution in [0.5, 0.6) is 11.5 Å². The van der Waals surface area contributed by atoms with E-state index >= 15 is 0 Å². The molecule has 0 atom stereocenters. The molecule has 0 N–H and O–H groups in total. The van der Waals surface area contributed by atoms with Gasteiger partial charge in [0.2, 0.25) is 0 Å². The van der Waals surface area contributed by atoms with Crippen LogP contribution in [0.2, 0.25) is 0 Å². The van der Waals surface area contributed by atoms with Crippen molar-refractivity contribution in [2.45, 2.75) is 26.2 Å². The van der Waals surface area contributed by atoms with Crippen LogP contribution in [0.1, 0.15) is 32.7 Å². The van der Waals surface area contributed by atoms with Gasteiger partial charge in [0.25, 0.3) is 11.8 Å². The summed E-state index contributed by atoms with van der Waals surface area (Å²) in [6, 6.07) is 11.4. The summed E-state index contributed by atoms with van der Waals surface area (Å²) in [5.74, 6) is -0.922. The van der Waals surface area contributed by atoms with Gasteiger partial charge in [-0.25, -0.2) is 0 Å². The number of carbonyl (C=O) groups excluding carboxylic acids is 2. The molecule has 7 nitrogen and oxygen atoms in total. The Morgan fingerprint density at radius 2 is 1.64 bits per heavy atom. The highest BCUT2D eigenvalue weighted by molar-refractivity contribution is 6.11. The first-order chi connectivity index (χ1) is 17.3. The number of aromatic nitrogens is 1. The standard InChI is InChI=1S/C25H19F4N3O4/c26-24(27)35-16-5-3-15(4-6-16)32-13-19-17(23(32)34)8-9-30-21(19)18-7-2-14(12-20(18)36-25(28)29)22(33)31-10-1-11-31/h2-9,12,24-25H,1,10-11,13H2. The average Bonchev–Trinajstić information content (AvgIpc) is 3.14. The Morgan fingerprint density at radius 1 is 0.917 bits per heavy atom. The van der Waals surface area contributed by atoms with Gasteiger partial charge in [0.1, 0.15) is 11.5 Å². The van der Waals surface area contributed by atoms with Gasteiger partial charge in [-0.2, -0.15) is 17.6 Å². The summed E-state index contributed by atoms with van der Waals surface area (Å²) >= 11 is 0. The van der Waals surface area contributed by atoms with Crippen LogP contribution >= 0.6 is 0 Å². The minimum Gasteiger partial charge on any atom is -0.435 e. The molecule has 1 aromatic heterocycles. The van der Waals surface area contributed by atoms with Gasteiger partial charge >= 0.3 is 13.2 Å². The Balaban J connectivity index is 1.49. The van der Waals surface area contributed by atoms with E-state index in [1.807, 2.05) is 0 Å². The number of hydrogen-bond donors (Lipinski definition) is 0. The first-order valence-corrected chi connectivity index (χ1v) is 11.0. The molecule has 0 unspecified atom stereocenters. The Bertz CT molecular complexity index is 1310. The van der Waals surface area contributed by atoms with Crippen molar-refractivity contribution in [3.05, 3.63) is 71.4 Å². The van der Waals surface area contributed by atoms with Crippen LogP contribution in [0, 0.1) is 0 Å². The molecule has 3 aromatic rings. The minimum atomic E-state index is -3.14. The fourth-order valence-electron chi connectivity index (χ4n) is 4.22. The second kappa shape index (κ2) is 9.48. The van der Waals surface area contributed by atoms with E-state index in [1.165, 1.54) is 59.6 Å². The molecule has 0 saturated carbocycles. The van der Waals surface area contributed by atoms with E-state index in [-0.39, 0.29) is 46.7 Å². The Morgan fingerprint density at radius 3 is 2.28 bits per heavy atom. The van der Waals surface area contributed by atoms with Gasteiger partial charge in [-0.15, -0.1) is 0 Å². The molecule has 2 aliphatic rings. The number of rotatable bonds is 7. The van der Waals surface area contributed by atoms with Crippen LogP contribution in [0.3, 0.4) is 0 Å². The zero-order valence-electron chi connectivity index (χ0n) is 18.7. The lowest BCUT2D eigenvalue weighted by Gasteiger charge is -2.31. The van der Waals surface area contributed by atoms with Crippen LogP contribution in [-0.2, 0) is 6.54 Å². The number of hydrogen-bond acceptors (Lipinski definition) is 5. The molecule has 186 valence electrons. The predicted molar refractivity (Wildman–Crippen MR) is 120 cm³/mol. The maximum Gasteiger partial charge on any atom is 0.387 e. The molecular weight excluding hydrogens is 482 g/mol. The molecular formula is C25H19F4N3O4. The zero-order chi connectivity index (χ0) is 25.4. The van der Waals surface area contributed by atoms with Crippen LogP contribution in [-0.4, -0.2) is 48.0 Å². The average molecular weight is 501 g/mol. The van der Waals surface area contributed by atoms with Crippen LogP contribution in [0.15, 0.2) is 54.7 Å². The molecule has 2 amide bonds. The maximum atomic E-state index is 13.3. The number of benzene rings is 2. The largest absolute Gasteiger partial charge is 0.435 e. The fraction of sp³-hybridized carbons (Fsp3) is 0.240. The summed E-state index contributed by atoms with van der Waals surface area (Å²) in [5, 5.41) is 0. The summed E-state index contributed by atoms with van der Waals surface area (Å²) in [6.45, 7) is -4.84. The first kappa shape index (κ1) is 23.6. The number of fused-ring (bicyclic) bond motifs is 1. The molecule has 36 heavy (non-hydrogen) atoms. The van der Waals surface area contributed by atoms with Gasteiger partial charge in [-0.05, 0) is 55.0 Å². The molecule has 0 radical (unpaired) electrons. The zero-order valence-corrected chi connectivity index (χ0v) is 18.7. The molecule has 5 rings (SSSR count). The monoisotopic (exact) mass is 501 g/mol. The van der Waals surface area contributed by atoms with Crippen LogP contribution < -0.4 is 14.4 Å². The Hall–Kier alpha value is -4.15. The highest BCUT2D eigenvalue weighted by Crippen LogP contribution is 2.39. The summed E-state index contributed by atoms with van der Waals surface area (Å²) in [6.07, 6.45) is 2.28. The quantitative estimate of drug-likeness (QED) is 0.428.